The summed E-state index contributed by atoms with van der Waals surface area (Å²) in [6, 6.07) is 5.06. The Hall–Kier alpha value is -0.930. The van der Waals surface area contributed by atoms with E-state index in [9.17, 15) is 4.39 Å². The third-order valence-corrected chi connectivity index (χ3v) is 3.15. The third-order valence-electron chi connectivity index (χ3n) is 2.16. The minimum atomic E-state index is -0.174. The van der Waals surface area contributed by atoms with Crippen LogP contribution in [0.25, 0.3) is 10.1 Å². The second kappa shape index (κ2) is 3.67. The Kier molecular flexibility index (Phi) is 2.52. The van der Waals surface area contributed by atoms with Crippen molar-refractivity contribution in [3.05, 3.63) is 35.0 Å². The predicted molar refractivity (Wildman–Crippen MR) is 59.1 cm³/mol. The third kappa shape index (κ3) is 1.79. The van der Waals surface area contributed by atoms with Crippen molar-refractivity contribution in [2.24, 2.45) is 5.73 Å². The second-order valence-electron chi connectivity index (χ2n) is 3.58. The van der Waals surface area contributed by atoms with E-state index >= 15 is 0 Å². The molecular weight excluding hydrogens is 197 g/mol. The molecule has 1 aromatic carbocycles. The highest BCUT2D eigenvalue weighted by atomic mass is 32.1. The largest absolute Gasteiger partial charge is 0.328 e. The Morgan fingerprint density at radius 3 is 3.00 bits per heavy atom. The van der Waals surface area contributed by atoms with Gasteiger partial charge in [-0.05, 0) is 41.8 Å². The molecule has 1 atom stereocenters. The standard InChI is InChI=1S/C11H12FNS/c1-7(13)4-8-6-14-11-5-9(12)2-3-10(8)11/h2-3,5-7H,4,13H2,1H3. The summed E-state index contributed by atoms with van der Waals surface area (Å²) in [5.74, 6) is -0.174. The molecule has 0 saturated heterocycles. The van der Waals surface area contributed by atoms with Crippen molar-refractivity contribution < 1.29 is 4.39 Å². The number of fused-ring (bicyclic) bond motifs is 1. The van der Waals surface area contributed by atoms with Gasteiger partial charge in [0.1, 0.15) is 5.82 Å². The van der Waals surface area contributed by atoms with E-state index in [0.29, 0.717) is 0 Å². The van der Waals surface area contributed by atoms with Crippen LogP contribution in [0.1, 0.15) is 12.5 Å². The van der Waals surface area contributed by atoms with E-state index in [1.165, 1.54) is 11.6 Å². The number of benzene rings is 1. The summed E-state index contributed by atoms with van der Waals surface area (Å²) in [5, 5.41) is 3.20. The minimum Gasteiger partial charge on any atom is -0.328 e. The van der Waals surface area contributed by atoms with Crippen molar-refractivity contribution in [3.63, 3.8) is 0 Å². The molecule has 0 aliphatic heterocycles. The smallest absolute Gasteiger partial charge is 0.124 e. The predicted octanol–water partition coefficient (Wildman–Crippen LogP) is 2.93. The highest BCUT2D eigenvalue weighted by Crippen LogP contribution is 2.27. The molecule has 0 saturated carbocycles. The highest BCUT2D eigenvalue weighted by molar-refractivity contribution is 7.17. The van der Waals surface area contributed by atoms with Gasteiger partial charge in [0.2, 0.25) is 0 Å². The lowest BCUT2D eigenvalue weighted by Gasteiger charge is -2.02. The van der Waals surface area contributed by atoms with Gasteiger partial charge in [0, 0.05) is 10.7 Å². The molecule has 0 spiro atoms. The van der Waals surface area contributed by atoms with Gasteiger partial charge in [-0.15, -0.1) is 11.3 Å². The summed E-state index contributed by atoms with van der Waals surface area (Å²) in [6.45, 7) is 1.98. The molecule has 0 aliphatic carbocycles. The van der Waals surface area contributed by atoms with Crippen molar-refractivity contribution in [1.82, 2.24) is 0 Å². The number of thiophene rings is 1. The lowest BCUT2D eigenvalue weighted by atomic mass is 10.1. The maximum absolute atomic E-state index is 12.9. The molecule has 1 aromatic heterocycles. The van der Waals surface area contributed by atoms with Gasteiger partial charge in [-0.25, -0.2) is 4.39 Å². The normalized spacial score (nSPS) is 13.4. The Morgan fingerprint density at radius 2 is 2.29 bits per heavy atom. The van der Waals surface area contributed by atoms with E-state index in [1.54, 1.807) is 17.4 Å². The van der Waals surface area contributed by atoms with Crippen molar-refractivity contribution in [2.45, 2.75) is 19.4 Å². The number of halogens is 1. The van der Waals surface area contributed by atoms with Crippen LogP contribution in [0.4, 0.5) is 4.39 Å². The molecule has 74 valence electrons. The van der Waals surface area contributed by atoms with Gasteiger partial charge in [0.25, 0.3) is 0 Å². The summed E-state index contributed by atoms with van der Waals surface area (Å²) in [5.41, 5.74) is 6.96. The fraction of sp³-hybridized carbons (Fsp3) is 0.273. The first-order valence-corrected chi connectivity index (χ1v) is 5.46. The summed E-state index contributed by atoms with van der Waals surface area (Å²) in [6.07, 6.45) is 0.853. The summed E-state index contributed by atoms with van der Waals surface area (Å²) < 4.78 is 13.9. The van der Waals surface area contributed by atoms with Gasteiger partial charge in [0.05, 0.1) is 0 Å². The molecule has 0 aliphatic rings. The second-order valence-corrected chi connectivity index (χ2v) is 4.49. The van der Waals surface area contributed by atoms with Crippen molar-refractivity contribution >= 4 is 21.4 Å². The molecule has 1 heterocycles. The molecule has 14 heavy (non-hydrogen) atoms. The SMILES string of the molecule is CC(N)Cc1csc2cc(F)ccc12. The van der Waals surface area contributed by atoms with Crippen molar-refractivity contribution in [2.75, 3.05) is 0 Å². The zero-order valence-electron chi connectivity index (χ0n) is 7.96. The average molecular weight is 209 g/mol. The minimum absolute atomic E-state index is 0.151. The van der Waals surface area contributed by atoms with Crippen LogP contribution in [0.15, 0.2) is 23.6 Å². The van der Waals surface area contributed by atoms with Gasteiger partial charge in [-0.1, -0.05) is 6.07 Å². The number of hydrogen-bond donors (Lipinski definition) is 1. The first-order chi connectivity index (χ1) is 6.66. The van der Waals surface area contributed by atoms with Crippen LogP contribution in [0, 0.1) is 5.82 Å². The summed E-state index contributed by atoms with van der Waals surface area (Å²) in [7, 11) is 0. The number of nitrogens with two attached hydrogens (primary N) is 1. The van der Waals surface area contributed by atoms with E-state index in [0.717, 1.165) is 16.5 Å². The summed E-state index contributed by atoms with van der Waals surface area (Å²) >= 11 is 1.57. The van der Waals surface area contributed by atoms with Gasteiger partial charge < -0.3 is 5.73 Å². The fourth-order valence-electron chi connectivity index (χ4n) is 1.56. The molecule has 1 unspecified atom stereocenters. The quantitative estimate of drug-likeness (QED) is 0.808. The zero-order chi connectivity index (χ0) is 10.1. The van der Waals surface area contributed by atoms with Crippen LogP contribution in [-0.2, 0) is 6.42 Å². The van der Waals surface area contributed by atoms with Crippen LogP contribution in [-0.4, -0.2) is 6.04 Å². The molecule has 1 nitrogen and oxygen atoms in total. The zero-order valence-corrected chi connectivity index (χ0v) is 8.77. The molecular formula is C11H12FNS. The molecule has 0 bridgehead atoms. The van der Waals surface area contributed by atoms with Crippen LogP contribution < -0.4 is 5.73 Å². The average Bonchev–Trinajstić information content (AvgIpc) is 2.47. The molecule has 3 heteroatoms. The Labute approximate surface area is 86.4 Å². The molecule has 0 amide bonds. The molecule has 2 N–H and O–H groups in total. The molecule has 2 aromatic rings. The topological polar surface area (TPSA) is 26.0 Å². The number of hydrogen-bond acceptors (Lipinski definition) is 2. The van der Waals surface area contributed by atoms with Crippen molar-refractivity contribution in [1.29, 1.82) is 0 Å². The van der Waals surface area contributed by atoms with Gasteiger partial charge >= 0.3 is 0 Å². The maximum Gasteiger partial charge on any atom is 0.124 e. The summed E-state index contributed by atoms with van der Waals surface area (Å²) in [4.78, 5) is 0. The van der Waals surface area contributed by atoms with E-state index in [2.05, 4.69) is 5.38 Å². The Bertz CT molecular complexity index is 447. The molecule has 0 fully saturated rings. The van der Waals surface area contributed by atoms with Crippen LogP contribution >= 0.6 is 11.3 Å². The molecule has 2 rings (SSSR count). The highest BCUT2D eigenvalue weighted by Gasteiger charge is 2.06. The van der Waals surface area contributed by atoms with Gasteiger partial charge in [-0.3, -0.25) is 0 Å². The van der Waals surface area contributed by atoms with E-state index < -0.39 is 0 Å². The molecule has 0 radical (unpaired) electrons. The van der Waals surface area contributed by atoms with E-state index in [1.807, 2.05) is 13.0 Å². The van der Waals surface area contributed by atoms with Crippen molar-refractivity contribution in [3.8, 4) is 0 Å². The first kappa shape index (κ1) is 9.62. The fourth-order valence-corrected chi connectivity index (χ4v) is 2.56. The van der Waals surface area contributed by atoms with E-state index in [4.69, 9.17) is 5.73 Å². The van der Waals surface area contributed by atoms with Crippen LogP contribution in [0.2, 0.25) is 0 Å². The van der Waals surface area contributed by atoms with Crippen LogP contribution in [0.5, 0.6) is 0 Å². The van der Waals surface area contributed by atoms with E-state index in [-0.39, 0.29) is 11.9 Å². The lowest BCUT2D eigenvalue weighted by Crippen LogP contribution is -2.17. The monoisotopic (exact) mass is 209 g/mol. The first-order valence-electron chi connectivity index (χ1n) is 4.58. The Morgan fingerprint density at radius 1 is 1.50 bits per heavy atom. The lowest BCUT2D eigenvalue weighted by molar-refractivity contribution is 0.630. The Balaban J connectivity index is 2.47. The van der Waals surface area contributed by atoms with Crippen LogP contribution in [0.3, 0.4) is 0 Å². The van der Waals surface area contributed by atoms with Gasteiger partial charge in [0.15, 0.2) is 0 Å². The van der Waals surface area contributed by atoms with Gasteiger partial charge in [-0.2, -0.15) is 0 Å². The maximum atomic E-state index is 12.9. The number of rotatable bonds is 2.